The van der Waals surface area contributed by atoms with E-state index in [1.807, 2.05) is 18.2 Å². The average molecular weight is 411 g/mol. The van der Waals surface area contributed by atoms with Crippen molar-refractivity contribution in [2.75, 3.05) is 33.3 Å². The number of methoxy groups -OCH3 is 3. The Hall–Kier alpha value is -3.48. The quantitative estimate of drug-likeness (QED) is 0.530. The van der Waals surface area contributed by atoms with Crippen molar-refractivity contribution in [1.29, 1.82) is 0 Å². The van der Waals surface area contributed by atoms with Crippen molar-refractivity contribution in [2.45, 2.75) is 19.3 Å². The standard InChI is InChI=1S/C23H25NO6/c1-27-19-11-15(12-20(28-2)23(19)29-3)7-10-22(26)30-14-21(25)24-18-9-8-16-5-4-6-17(16)13-18/h7-13H,4-6,14H2,1-3H3,(H,24,25). The van der Waals surface area contributed by atoms with Crippen LogP contribution in [0.4, 0.5) is 5.69 Å². The molecule has 1 aliphatic rings. The minimum atomic E-state index is -0.632. The van der Waals surface area contributed by atoms with Crippen molar-refractivity contribution >= 4 is 23.6 Å². The largest absolute Gasteiger partial charge is 0.493 e. The number of carbonyl (C=O) groups is 2. The number of esters is 1. The average Bonchev–Trinajstić information content (AvgIpc) is 3.23. The van der Waals surface area contributed by atoms with Crippen LogP contribution in [0.3, 0.4) is 0 Å². The number of nitrogens with one attached hydrogen (secondary N) is 1. The van der Waals surface area contributed by atoms with Crippen LogP contribution in [0.15, 0.2) is 36.4 Å². The number of carbonyl (C=O) groups excluding carboxylic acids is 2. The number of ether oxygens (including phenoxy) is 4. The van der Waals surface area contributed by atoms with E-state index < -0.39 is 5.97 Å². The van der Waals surface area contributed by atoms with Gasteiger partial charge in [0.1, 0.15) is 0 Å². The third kappa shape index (κ3) is 5.11. The van der Waals surface area contributed by atoms with Crippen LogP contribution in [0, 0.1) is 0 Å². The Balaban J connectivity index is 1.55. The van der Waals surface area contributed by atoms with Gasteiger partial charge in [-0.05, 0) is 66.3 Å². The molecule has 3 rings (SSSR count). The maximum absolute atomic E-state index is 12.1. The number of fused-ring (bicyclic) bond motifs is 1. The molecule has 0 spiro atoms. The van der Waals surface area contributed by atoms with Gasteiger partial charge in [0.15, 0.2) is 18.1 Å². The highest BCUT2D eigenvalue weighted by molar-refractivity contribution is 5.94. The minimum Gasteiger partial charge on any atom is -0.493 e. The maximum atomic E-state index is 12.1. The van der Waals surface area contributed by atoms with Gasteiger partial charge in [-0.1, -0.05) is 6.07 Å². The Labute approximate surface area is 175 Å². The molecular formula is C23H25NO6. The maximum Gasteiger partial charge on any atom is 0.331 e. The molecule has 1 aliphatic carbocycles. The van der Waals surface area contributed by atoms with E-state index in [1.165, 1.54) is 38.5 Å². The third-order valence-corrected chi connectivity index (χ3v) is 4.83. The number of hydrogen-bond acceptors (Lipinski definition) is 6. The molecule has 158 valence electrons. The molecule has 0 saturated heterocycles. The molecule has 0 bridgehead atoms. The molecule has 0 radical (unpaired) electrons. The van der Waals surface area contributed by atoms with Crippen LogP contribution in [-0.2, 0) is 27.2 Å². The topological polar surface area (TPSA) is 83.1 Å². The summed E-state index contributed by atoms with van der Waals surface area (Å²) in [7, 11) is 4.54. The van der Waals surface area contributed by atoms with Crippen molar-refractivity contribution in [3.8, 4) is 17.2 Å². The molecule has 0 aliphatic heterocycles. The Bertz CT molecular complexity index is 941. The molecule has 0 atom stereocenters. The van der Waals surface area contributed by atoms with Gasteiger partial charge < -0.3 is 24.3 Å². The predicted molar refractivity (Wildman–Crippen MR) is 113 cm³/mol. The van der Waals surface area contributed by atoms with Crippen molar-refractivity contribution < 1.29 is 28.5 Å². The molecule has 1 amide bonds. The number of anilines is 1. The first kappa shape index (κ1) is 21.2. The fourth-order valence-corrected chi connectivity index (χ4v) is 3.39. The van der Waals surface area contributed by atoms with Crippen LogP contribution in [0.1, 0.15) is 23.1 Å². The monoisotopic (exact) mass is 411 g/mol. The second-order valence-corrected chi connectivity index (χ2v) is 6.78. The van der Waals surface area contributed by atoms with E-state index in [1.54, 1.807) is 18.2 Å². The van der Waals surface area contributed by atoms with Crippen molar-refractivity contribution in [3.63, 3.8) is 0 Å². The van der Waals surface area contributed by atoms with Gasteiger partial charge in [-0.3, -0.25) is 4.79 Å². The van der Waals surface area contributed by atoms with E-state index in [9.17, 15) is 9.59 Å². The number of benzene rings is 2. The van der Waals surface area contributed by atoms with Crippen LogP contribution in [0.2, 0.25) is 0 Å². The van der Waals surface area contributed by atoms with Gasteiger partial charge in [-0.25, -0.2) is 4.79 Å². The van der Waals surface area contributed by atoms with Crippen molar-refractivity contribution in [1.82, 2.24) is 0 Å². The Morgan fingerprint density at radius 1 is 0.967 bits per heavy atom. The van der Waals surface area contributed by atoms with Gasteiger partial charge in [-0.15, -0.1) is 0 Å². The molecule has 0 saturated carbocycles. The summed E-state index contributed by atoms with van der Waals surface area (Å²) in [6.07, 6.45) is 6.04. The summed E-state index contributed by atoms with van der Waals surface area (Å²) < 4.78 is 20.9. The fourth-order valence-electron chi connectivity index (χ4n) is 3.39. The van der Waals surface area contributed by atoms with Crippen LogP contribution in [0.25, 0.3) is 6.08 Å². The van der Waals surface area contributed by atoms with Gasteiger partial charge in [0.25, 0.3) is 5.91 Å². The van der Waals surface area contributed by atoms with Crippen LogP contribution in [0.5, 0.6) is 17.2 Å². The van der Waals surface area contributed by atoms with E-state index in [0.717, 1.165) is 19.3 Å². The van der Waals surface area contributed by atoms with Crippen LogP contribution < -0.4 is 19.5 Å². The van der Waals surface area contributed by atoms with E-state index in [0.29, 0.717) is 28.5 Å². The molecular weight excluding hydrogens is 386 g/mol. The summed E-state index contributed by atoms with van der Waals surface area (Å²) in [5, 5.41) is 2.76. The molecule has 2 aromatic rings. The van der Waals surface area contributed by atoms with E-state index in [2.05, 4.69) is 5.32 Å². The highest BCUT2D eigenvalue weighted by Gasteiger charge is 2.14. The zero-order chi connectivity index (χ0) is 21.5. The lowest BCUT2D eigenvalue weighted by atomic mass is 10.1. The SMILES string of the molecule is COc1cc(C=CC(=O)OCC(=O)Nc2ccc3c(c2)CCC3)cc(OC)c1OC. The molecule has 0 aromatic heterocycles. The Morgan fingerprint density at radius 3 is 2.33 bits per heavy atom. The first-order chi connectivity index (χ1) is 14.5. The summed E-state index contributed by atoms with van der Waals surface area (Å²) in [5.41, 5.74) is 3.96. The highest BCUT2D eigenvalue weighted by Crippen LogP contribution is 2.38. The predicted octanol–water partition coefficient (Wildman–Crippen LogP) is 3.40. The number of hydrogen-bond donors (Lipinski definition) is 1. The summed E-state index contributed by atoms with van der Waals surface area (Å²) in [6.45, 7) is -0.366. The normalized spacial score (nSPS) is 12.4. The van der Waals surface area contributed by atoms with Gasteiger partial charge in [0.05, 0.1) is 21.3 Å². The summed E-state index contributed by atoms with van der Waals surface area (Å²) in [6, 6.07) is 9.28. The van der Waals surface area contributed by atoms with E-state index in [-0.39, 0.29) is 12.5 Å². The first-order valence-electron chi connectivity index (χ1n) is 9.60. The Morgan fingerprint density at radius 2 is 1.67 bits per heavy atom. The zero-order valence-corrected chi connectivity index (χ0v) is 17.3. The van der Waals surface area contributed by atoms with E-state index >= 15 is 0 Å². The van der Waals surface area contributed by atoms with Crippen LogP contribution >= 0.6 is 0 Å². The van der Waals surface area contributed by atoms with Gasteiger partial charge in [0.2, 0.25) is 5.75 Å². The summed E-state index contributed by atoms with van der Waals surface area (Å²) in [5.74, 6) is 0.385. The van der Waals surface area contributed by atoms with Gasteiger partial charge in [0, 0.05) is 11.8 Å². The lowest BCUT2D eigenvalue weighted by molar-refractivity contribution is -0.142. The molecule has 0 fully saturated rings. The van der Waals surface area contributed by atoms with Crippen molar-refractivity contribution in [2.24, 2.45) is 0 Å². The fraction of sp³-hybridized carbons (Fsp3) is 0.304. The lowest BCUT2D eigenvalue weighted by Crippen LogP contribution is -2.20. The highest BCUT2D eigenvalue weighted by atomic mass is 16.5. The number of rotatable bonds is 8. The molecule has 0 heterocycles. The molecule has 30 heavy (non-hydrogen) atoms. The zero-order valence-electron chi connectivity index (χ0n) is 17.3. The van der Waals surface area contributed by atoms with E-state index in [4.69, 9.17) is 18.9 Å². The number of aryl methyl sites for hydroxylation is 2. The minimum absolute atomic E-state index is 0.366. The lowest BCUT2D eigenvalue weighted by Gasteiger charge is -2.12. The molecule has 2 aromatic carbocycles. The molecule has 1 N–H and O–H groups in total. The molecule has 0 unspecified atom stereocenters. The second-order valence-electron chi connectivity index (χ2n) is 6.78. The first-order valence-corrected chi connectivity index (χ1v) is 9.60. The molecule has 7 heteroatoms. The Kier molecular flexibility index (Phi) is 6.95. The summed E-state index contributed by atoms with van der Waals surface area (Å²) >= 11 is 0. The number of amides is 1. The van der Waals surface area contributed by atoms with Gasteiger partial charge >= 0.3 is 5.97 Å². The van der Waals surface area contributed by atoms with Gasteiger partial charge in [-0.2, -0.15) is 0 Å². The van der Waals surface area contributed by atoms with Crippen molar-refractivity contribution in [3.05, 3.63) is 53.1 Å². The summed E-state index contributed by atoms with van der Waals surface area (Å²) in [4.78, 5) is 24.1. The van der Waals surface area contributed by atoms with Crippen LogP contribution in [-0.4, -0.2) is 39.8 Å². The second kappa shape index (κ2) is 9.82. The third-order valence-electron chi connectivity index (χ3n) is 4.83. The smallest absolute Gasteiger partial charge is 0.331 e. The molecule has 7 nitrogen and oxygen atoms in total.